The molecule has 0 aliphatic heterocycles. The van der Waals surface area contributed by atoms with E-state index in [0.29, 0.717) is 29.1 Å². The van der Waals surface area contributed by atoms with Crippen molar-refractivity contribution in [2.75, 3.05) is 17.2 Å². The molecule has 0 amide bonds. The van der Waals surface area contributed by atoms with Crippen LogP contribution >= 0.6 is 12.6 Å². The third-order valence-corrected chi connectivity index (χ3v) is 2.50. The van der Waals surface area contributed by atoms with Crippen LogP contribution in [0, 0.1) is 0 Å². The highest BCUT2D eigenvalue weighted by atomic mass is 32.1. The van der Waals surface area contributed by atoms with E-state index in [2.05, 4.69) is 12.6 Å². The summed E-state index contributed by atoms with van der Waals surface area (Å²) >= 11 is 3.99. The van der Waals surface area contributed by atoms with Crippen molar-refractivity contribution in [1.29, 1.82) is 0 Å². The van der Waals surface area contributed by atoms with Gasteiger partial charge >= 0.3 is 0 Å². The SMILES string of the molecule is Nc1ccc(C(O)C(O)CCS)cc1N. The predicted octanol–water partition coefficient (Wildman–Crippen LogP) is 0.565. The first-order valence-electron chi connectivity index (χ1n) is 4.68. The summed E-state index contributed by atoms with van der Waals surface area (Å²) in [4.78, 5) is 0. The lowest BCUT2D eigenvalue weighted by molar-refractivity contribution is 0.0173. The topological polar surface area (TPSA) is 92.5 Å². The van der Waals surface area contributed by atoms with Gasteiger partial charge in [-0.05, 0) is 29.9 Å². The molecule has 0 fully saturated rings. The minimum absolute atomic E-state index is 0.407. The van der Waals surface area contributed by atoms with Crippen molar-refractivity contribution in [3.05, 3.63) is 23.8 Å². The lowest BCUT2D eigenvalue weighted by Gasteiger charge is -2.18. The van der Waals surface area contributed by atoms with Crippen molar-refractivity contribution >= 4 is 24.0 Å². The Labute approximate surface area is 94.3 Å². The molecule has 0 aliphatic rings. The first-order chi connectivity index (χ1) is 7.06. The largest absolute Gasteiger partial charge is 0.397 e. The normalized spacial score (nSPS) is 14.9. The van der Waals surface area contributed by atoms with E-state index in [0.717, 1.165) is 0 Å². The minimum atomic E-state index is -0.944. The molecule has 2 unspecified atom stereocenters. The molecule has 0 heterocycles. The van der Waals surface area contributed by atoms with Crippen LogP contribution in [0.25, 0.3) is 0 Å². The zero-order valence-corrected chi connectivity index (χ0v) is 9.19. The highest BCUT2D eigenvalue weighted by molar-refractivity contribution is 7.80. The fraction of sp³-hybridized carbons (Fsp3) is 0.400. The number of aliphatic hydroxyl groups is 2. The number of anilines is 2. The molecule has 0 radical (unpaired) electrons. The van der Waals surface area contributed by atoms with Gasteiger partial charge in [-0.3, -0.25) is 0 Å². The molecule has 0 saturated carbocycles. The number of hydrogen-bond donors (Lipinski definition) is 5. The molecule has 0 spiro atoms. The first kappa shape index (κ1) is 12.2. The van der Waals surface area contributed by atoms with Crippen molar-refractivity contribution in [1.82, 2.24) is 0 Å². The highest BCUT2D eigenvalue weighted by Crippen LogP contribution is 2.24. The smallest absolute Gasteiger partial charge is 0.105 e. The summed E-state index contributed by atoms with van der Waals surface area (Å²) in [5.41, 5.74) is 12.6. The lowest BCUT2D eigenvalue weighted by Crippen LogP contribution is -2.18. The van der Waals surface area contributed by atoms with Crippen LogP contribution in [-0.4, -0.2) is 22.1 Å². The Hall–Kier alpha value is -0.910. The molecule has 0 aliphatic carbocycles. The molecular formula is C10H16N2O2S. The maximum atomic E-state index is 9.76. The van der Waals surface area contributed by atoms with E-state index in [4.69, 9.17) is 11.5 Å². The second kappa shape index (κ2) is 5.25. The molecule has 1 aromatic carbocycles. The van der Waals surface area contributed by atoms with Gasteiger partial charge in [-0.25, -0.2) is 0 Å². The number of rotatable bonds is 4. The lowest BCUT2D eigenvalue weighted by atomic mass is 10.0. The molecule has 15 heavy (non-hydrogen) atoms. The second-order valence-corrected chi connectivity index (χ2v) is 3.86. The third kappa shape index (κ3) is 3.02. The Morgan fingerprint density at radius 1 is 1.20 bits per heavy atom. The molecular weight excluding hydrogens is 212 g/mol. The van der Waals surface area contributed by atoms with E-state index >= 15 is 0 Å². The first-order valence-corrected chi connectivity index (χ1v) is 5.31. The Morgan fingerprint density at radius 2 is 1.87 bits per heavy atom. The van der Waals surface area contributed by atoms with Gasteiger partial charge in [0.15, 0.2) is 0 Å². The van der Waals surface area contributed by atoms with E-state index in [9.17, 15) is 10.2 Å². The minimum Gasteiger partial charge on any atom is -0.397 e. The molecule has 2 atom stereocenters. The number of thiol groups is 1. The maximum Gasteiger partial charge on any atom is 0.105 e. The van der Waals surface area contributed by atoms with Gasteiger partial charge in [0.2, 0.25) is 0 Å². The number of aliphatic hydroxyl groups excluding tert-OH is 2. The summed E-state index contributed by atoms with van der Waals surface area (Å²) in [5, 5.41) is 19.3. The van der Waals surface area contributed by atoms with Crippen molar-refractivity contribution < 1.29 is 10.2 Å². The molecule has 6 N–H and O–H groups in total. The van der Waals surface area contributed by atoms with Gasteiger partial charge in [0.25, 0.3) is 0 Å². The molecule has 84 valence electrons. The number of nitrogen functional groups attached to an aromatic ring is 2. The quantitative estimate of drug-likeness (QED) is 0.385. The van der Waals surface area contributed by atoms with Crippen LogP contribution in [0.5, 0.6) is 0 Å². The highest BCUT2D eigenvalue weighted by Gasteiger charge is 2.17. The number of hydrogen-bond acceptors (Lipinski definition) is 5. The predicted molar refractivity (Wildman–Crippen MR) is 64.7 cm³/mol. The van der Waals surface area contributed by atoms with Crippen LogP contribution in [0.2, 0.25) is 0 Å². The Kier molecular flexibility index (Phi) is 4.26. The standard InChI is InChI=1S/C10H16N2O2S/c11-7-2-1-6(5-8(7)12)10(14)9(13)3-4-15/h1-2,5,9-10,13-15H,3-4,11-12H2. The zero-order valence-electron chi connectivity index (χ0n) is 8.30. The Morgan fingerprint density at radius 3 is 2.40 bits per heavy atom. The summed E-state index contributed by atoms with van der Waals surface area (Å²) in [6.07, 6.45) is -1.35. The fourth-order valence-corrected chi connectivity index (χ4v) is 1.55. The molecule has 1 aromatic rings. The van der Waals surface area contributed by atoms with Crippen molar-refractivity contribution in [3.8, 4) is 0 Å². The van der Waals surface area contributed by atoms with Crippen molar-refractivity contribution in [2.24, 2.45) is 0 Å². The molecule has 1 rings (SSSR count). The molecule has 4 nitrogen and oxygen atoms in total. The van der Waals surface area contributed by atoms with Gasteiger partial charge in [0.05, 0.1) is 17.5 Å². The van der Waals surface area contributed by atoms with E-state index in [1.54, 1.807) is 18.2 Å². The second-order valence-electron chi connectivity index (χ2n) is 3.41. The van der Waals surface area contributed by atoms with Crippen LogP contribution in [0.4, 0.5) is 11.4 Å². The van der Waals surface area contributed by atoms with Gasteiger partial charge in [-0.1, -0.05) is 6.07 Å². The van der Waals surface area contributed by atoms with Crippen LogP contribution in [0.15, 0.2) is 18.2 Å². The summed E-state index contributed by atoms with van der Waals surface area (Å²) in [6, 6.07) is 4.83. The summed E-state index contributed by atoms with van der Waals surface area (Å²) in [6.45, 7) is 0. The van der Waals surface area contributed by atoms with E-state index in [-0.39, 0.29) is 0 Å². The maximum absolute atomic E-state index is 9.76. The van der Waals surface area contributed by atoms with E-state index in [1.807, 2.05) is 0 Å². The molecule has 5 heteroatoms. The molecule has 0 bridgehead atoms. The number of nitrogens with two attached hydrogens (primary N) is 2. The fourth-order valence-electron chi connectivity index (χ4n) is 1.29. The Bertz CT molecular complexity index is 333. The van der Waals surface area contributed by atoms with Crippen LogP contribution in [0.3, 0.4) is 0 Å². The average molecular weight is 228 g/mol. The van der Waals surface area contributed by atoms with Crippen LogP contribution in [0.1, 0.15) is 18.1 Å². The molecule has 0 aromatic heterocycles. The molecule has 0 saturated heterocycles. The Balaban J connectivity index is 2.81. The summed E-state index contributed by atoms with van der Waals surface area (Å²) in [5.74, 6) is 0.517. The van der Waals surface area contributed by atoms with Crippen LogP contribution in [-0.2, 0) is 0 Å². The van der Waals surface area contributed by atoms with E-state index < -0.39 is 12.2 Å². The van der Waals surface area contributed by atoms with Crippen molar-refractivity contribution in [3.63, 3.8) is 0 Å². The summed E-state index contributed by atoms with van der Waals surface area (Å²) in [7, 11) is 0. The number of benzene rings is 1. The van der Waals surface area contributed by atoms with Crippen molar-refractivity contribution in [2.45, 2.75) is 18.6 Å². The van der Waals surface area contributed by atoms with Gasteiger partial charge < -0.3 is 21.7 Å². The van der Waals surface area contributed by atoms with E-state index in [1.165, 1.54) is 0 Å². The summed E-state index contributed by atoms with van der Waals surface area (Å²) < 4.78 is 0. The van der Waals surface area contributed by atoms with Gasteiger partial charge in [-0.15, -0.1) is 0 Å². The van der Waals surface area contributed by atoms with Gasteiger partial charge in [0.1, 0.15) is 6.10 Å². The third-order valence-electron chi connectivity index (χ3n) is 2.24. The average Bonchev–Trinajstić information content (AvgIpc) is 2.21. The zero-order chi connectivity index (χ0) is 11.4. The van der Waals surface area contributed by atoms with Gasteiger partial charge in [0, 0.05) is 0 Å². The monoisotopic (exact) mass is 228 g/mol. The van der Waals surface area contributed by atoms with Gasteiger partial charge in [-0.2, -0.15) is 12.6 Å². The van der Waals surface area contributed by atoms with Crippen LogP contribution < -0.4 is 11.5 Å².